The average molecular weight is 127 g/mol. The summed E-state index contributed by atoms with van der Waals surface area (Å²) in [6, 6.07) is 0. The molecular formula is C6H9NO2. The summed E-state index contributed by atoms with van der Waals surface area (Å²) < 4.78 is 4.78. The zero-order chi connectivity index (χ0) is 6.69. The molecule has 0 saturated heterocycles. The Morgan fingerprint density at radius 2 is 2.67 bits per heavy atom. The highest BCUT2D eigenvalue weighted by molar-refractivity contribution is 5.82. The van der Waals surface area contributed by atoms with Crippen molar-refractivity contribution in [1.82, 2.24) is 0 Å². The fourth-order valence-electron chi connectivity index (χ4n) is 0.712. The lowest BCUT2D eigenvalue weighted by Crippen LogP contribution is -2.27. The van der Waals surface area contributed by atoms with Gasteiger partial charge in [-0.05, 0) is 0 Å². The molecule has 0 aromatic carbocycles. The first kappa shape index (κ1) is 6.29. The summed E-state index contributed by atoms with van der Waals surface area (Å²) in [5, 5.41) is 0. The van der Waals surface area contributed by atoms with Crippen LogP contribution in [0, 0.1) is 0 Å². The first-order valence-corrected chi connectivity index (χ1v) is 2.90. The fourth-order valence-corrected chi connectivity index (χ4v) is 0.712. The molecule has 0 radical (unpaired) electrons. The van der Waals surface area contributed by atoms with Gasteiger partial charge in [0.2, 0.25) is 0 Å². The maximum atomic E-state index is 10.5. The number of cyclic esters (lactones) is 1. The van der Waals surface area contributed by atoms with Gasteiger partial charge < -0.3 is 10.5 Å². The predicted molar refractivity (Wildman–Crippen MR) is 32.7 cm³/mol. The van der Waals surface area contributed by atoms with Crippen LogP contribution in [0.1, 0.15) is 6.42 Å². The Hall–Kier alpha value is -0.830. The number of ether oxygens (including phenoxy) is 1. The molecule has 0 aliphatic carbocycles. The lowest BCUT2D eigenvalue weighted by atomic mass is 10.2. The van der Waals surface area contributed by atoms with Gasteiger partial charge in [0.05, 0.1) is 0 Å². The minimum absolute atomic E-state index is 0.0949. The summed E-state index contributed by atoms with van der Waals surface area (Å²) in [4.78, 5) is 10.5. The molecule has 0 bridgehead atoms. The SMILES string of the molecule is NC[C@H]1CC=CC(=O)O1. The molecule has 0 spiro atoms. The molecule has 0 aromatic heterocycles. The van der Waals surface area contributed by atoms with Crippen LogP contribution in [0.4, 0.5) is 0 Å². The zero-order valence-corrected chi connectivity index (χ0v) is 5.04. The van der Waals surface area contributed by atoms with Crippen molar-refractivity contribution < 1.29 is 9.53 Å². The Bertz CT molecular complexity index is 142. The molecule has 0 aromatic rings. The molecule has 2 N–H and O–H groups in total. The van der Waals surface area contributed by atoms with Gasteiger partial charge in [-0.2, -0.15) is 0 Å². The standard InChI is InChI=1S/C6H9NO2/c7-4-5-2-1-3-6(8)9-5/h1,3,5H,2,4,7H2/t5-/m1/s1. The Morgan fingerprint density at radius 1 is 1.89 bits per heavy atom. The molecule has 9 heavy (non-hydrogen) atoms. The Kier molecular flexibility index (Phi) is 1.85. The highest BCUT2D eigenvalue weighted by Gasteiger charge is 2.12. The molecule has 1 atom stereocenters. The summed E-state index contributed by atoms with van der Waals surface area (Å²) in [5.74, 6) is -0.281. The predicted octanol–water partition coefficient (Wildman–Crippen LogP) is -0.183. The first-order valence-electron chi connectivity index (χ1n) is 2.90. The van der Waals surface area contributed by atoms with Gasteiger partial charge in [0.25, 0.3) is 0 Å². The molecule has 0 saturated carbocycles. The molecular weight excluding hydrogens is 118 g/mol. The van der Waals surface area contributed by atoms with Crippen molar-refractivity contribution in [3.8, 4) is 0 Å². The van der Waals surface area contributed by atoms with E-state index < -0.39 is 0 Å². The van der Waals surface area contributed by atoms with E-state index >= 15 is 0 Å². The summed E-state index contributed by atoms with van der Waals surface area (Å²) in [5.41, 5.74) is 5.25. The Labute approximate surface area is 53.5 Å². The summed E-state index contributed by atoms with van der Waals surface area (Å²) in [7, 11) is 0. The minimum atomic E-state index is -0.281. The third kappa shape index (κ3) is 1.54. The molecule has 1 aliphatic rings. The van der Waals surface area contributed by atoms with Crippen LogP contribution in [-0.2, 0) is 9.53 Å². The van der Waals surface area contributed by atoms with Crippen molar-refractivity contribution in [2.75, 3.05) is 6.54 Å². The van der Waals surface area contributed by atoms with E-state index in [1.165, 1.54) is 6.08 Å². The molecule has 1 rings (SSSR count). The van der Waals surface area contributed by atoms with Crippen molar-refractivity contribution in [2.45, 2.75) is 12.5 Å². The van der Waals surface area contributed by atoms with E-state index in [4.69, 9.17) is 10.5 Å². The summed E-state index contributed by atoms with van der Waals surface area (Å²) >= 11 is 0. The zero-order valence-electron chi connectivity index (χ0n) is 5.04. The van der Waals surface area contributed by atoms with Gasteiger partial charge in [-0.15, -0.1) is 0 Å². The maximum Gasteiger partial charge on any atom is 0.330 e. The van der Waals surface area contributed by atoms with Crippen LogP contribution in [0.3, 0.4) is 0 Å². The maximum absolute atomic E-state index is 10.5. The smallest absolute Gasteiger partial charge is 0.330 e. The van der Waals surface area contributed by atoms with Crippen LogP contribution in [0.15, 0.2) is 12.2 Å². The molecule has 0 amide bonds. The van der Waals surface area contributed by atoms with Crippen molar-refractivity contribution in [3.05, 3.63) is 12.2 Å². The number of hydrogen-bond donors (Lipinski definition) is 1. The quantitative estimate of drug-likeness (QED) is 0.497. The van der Waals surface area contributed by atoms with E-state index in [0.29, 0.717) is 6.54 Å². The lowest BCUT2D eigenvalue weighted by molar-refractivity contribution is -0.143. The van der Waals surface area contributed by atoms with Gasteiger partial charge in [-0.3, -0.25) is 0 Å². The van der Waals surface area contributed by atoms with Gasteiger partial charge in [0, 0.05) is 19.0 Å². The van der Waals surface area contributed by atoms with Gasteiger partial charge in [-0.1, -0.05) is 6.08 Å². The average Bonchev–Trinajstić information content (AvgIpc) is 1.88. The van der Waals surface area contributed by atoms with E-state index in [0.717, 1.165) is 6.42 Å². The van der Waals surface area contributed by atoms with E-state index in [9.17, 15) is 4.79 Å². The van der Waals surface area contributed by atoms with E-state index in [-0.39, 0.29) is 12.1 Å². The first-order chi connectivity index (χ1) is 4.33. The summed E-state index contributed by atoms with van der Waals surface area (Å²) in [6.07, 6.45) is 3.86. The van der Waals surface area contributed by atoms with Crippen LogP contribution in [-0.4, -0.2) is 18.6 Å². The minimum Gasteiger partial charge on any atom is -0.458 e. The van der Waals surface area contributed by atoms with Crippen LogP contribution < -0.4 is 5.73 Å². The highest BCUT2D eigenvalue weighted by Crippen LogP contribution is 2.04. The van der Waals surface area contributed by atoms with Gasteiger partial charge in [-0.25, -0.2) is 4.79 Å². The molecule has 1 heterocycles. The van der Waals surface area contributed by atoms with Crippen molar-refractivity contribution in [3.63, 3.8) is 0 Å². The molecule has 1 aliphatic heterocycles. The summed E-state index contributed by atoms with van der Waals surface area (Å²) in [6.45, 7) is 0.413. The number of carbonyl (C=O) groups excluding carboxylic acids is 1. The van der Waals surface area contributed by atoms with E-state index in [1.807, 2.05) is 0 Å². The van der Waals surface area contributed by atoms with Gasteiger partial charge in [0.15, 0.2) is 0 Å². The normalized spacial score (nSPS) is 25.9. The Morgan fingerprint density at radius 3 is 3.11 bits per heavy atom. The Balaban J connectivity index is 2.47. The van der Waals surface area contributed by atoms with Crippen LogP contribution in [0.25, 0.3) is 0 Å². The molecule has 3 heteroatoms. The second-order valence-electron chi connectivity index (χ2n) is 1.93. The monoisotopic (exact) mass is 127 g/mol. The van der Waals surface area contributed by atoms with E-state index in [2.05, 4.69) is 0 Å². The number of nitrogens with two attached hydrogens (primary N) is 1. The molecule has 50 valence electrons. The van der Waals surface area contributed by atoms with Crippen LogP contribution in [0.5, 0.6) is 0 Å². The van der Waals surface area contributed by atoms with Gasteiger partial charge in [0.1, 0.15) is 6.10 Å². The molecule has 3 nitrogen and oxygen atoms in total. The third-order valence-electron chi connectivity index (χ3n) is 1.20. The van der Waals surface area contributed by atoms with Crippen LogP contribution in [0.2, 0.25) is 0 Å². The second kappa shape index (κ2) is 2.64. The van der Waals surface area contributed by atoms with E-state index in [1.54, 1.807) is 6.08 Å². The van der Waals surface area contributed by atoms with Crippen molar-refractivity contribution >= 4 is 5.97 Å². The number of rotatable bonds is 1. The second-order valence-corrected chi connectivity index (χ2v) is 1.93. The molecule has 0 unspecified atom stereocenters. The van der Waals surface area contributed by atoms with Crippen molar-refractivity contribution in [2.24, 2.45) is 5.73 Å². The largest absolute Gasteiger partial charge is 0.458 e. The highest BCUT2D eigenvalue weighted by atomic mass is 16.5. The van der Waals surface area contributed by atoms with Crippen molar-refractivity contribution in [1.29, 1.82) is 0 Å². The number of carbonyl (C=O) groups is 1. The van der Waals surface area contributed by atoms with Crippen LogP contribution >= 0.6 is 0 Å². The topological polar surface area (TPSA) is 52.3 Å². The number of esters is 1. The number of hydrogen-bond acceptors (Lipinski definition) is 3. The fraction of sp³-hybridized carbons (Fsp3) is 0.500. The van der Waals surface area contributed by atoms with Gasteiger partial charge >= 0.3 is 5.97 Å². The third-order valence-corrected chi connectivity index (χ3v) is 1.20. The lowest BCUT2D eigenvalue weighted by Gasteiger charge is -2.15. The molecule has 0 fully saturated rings.